The Hall–Kier alpha value is -2.59. The standard InChI is InChI=1S/C30H41N3O/c1-4-22-15-25-17-26(16-22)19-30(2,18-25)21-33(3)20-24-11-9-23(10-12-24)13-14-29(34)32-28-8-6-5-7-27(28)31/h5-14,22,25-26H,4,15-21,31H2,1-3H3,(H,32,34)/b14-13+. The Balaban J connectivity index is 1.27. The predicted octanol–water partition coefficient (Wildman–Crippen LogP) is 6.60. The molecule has 2 aromatic carbocycles. The number of carbonyl (C=O) groups excluding carboxylic acids is 1. The van der Waals surface area contributed by atoms with E-state index in [4.69, 9.17) is 5.73 Å². The van der Waals surface area contributed by atoms with Crippen molar-refractivity contribution in [2.24, 2.45) is 23.2 Å². The van der Waals surface area contributed by atoms with Crippen LogP contribution in [-0.4, -0.2) is 24.4 Å². The van der Waals surface area contributed by atoms with Gasteiger partial charge < -0.3 is 16.0 Å². The van der Waals surface area contributed by atoms with Gasteiger partial charge in [-0.1, -0.05) is 56.7 Å². The van der Waals surface area contributed by atoms with Crippen LogP contribution in [0.2, 0.25) is 0 Å². The highest BCUT2D eigenvalue weighted by atomic mass is 16.1. The summed E-state index contributed by atoms with van der Waals surface area (Å²) in [5.41, 5.74) is 9.86. The lowest BCUT2D eigenvalue weighted by molar-refractivity contribution is -0.111. The molecule has 4 rings (SSSR count). The Kier molecular flexibility index (Phi) is 7.77. The average molecular weight is 460 g/mol. The number of nitrogens with one attached hydrogen (secondary N) is 1. The molecular formula is C30H41N3O. The lowest BCUT2D eigenvalue weighted by atomic mass is 9.59. The average Bonchev–Trinajstić information content (AvgIpc) is 2.79. The van der Waals surface area contributed by atoms with Crippen molar-refractivity contribution < 1.29 is 4.79 Å². The number of amides is 1. The highest BCUT2D eigenvalue weighted by Gasteiger charge is 2.41. The van der Waals surface area contributed by atoms with Crippen molar-refractivity contribution in [1.82, 2.24) is 4.90 Å². The number of fused-ring (bicyclic) bond motifs is 2. The van der Waals surface area contributed by atoms with E-state index in [2.05, 4.69) is 55.4 Å². The van der Waals surface area contributed by atoms with E-state index >= 15 is 0 Å². The van der Waals surface area contributed by atoms with E-state index in [0.29, 0.717) is 16.8 Å². The Morgan fingerprint density at radius 2 is 1.76 bits per heavy atom. The zero-order valence-electron chi connectivity index (χ0n) is 21.1. The van der Waals surface area contributed by atoms with Gasteiger partial charge in [-0.3, -0.25) is 4.79 Å². The van der Waals surface area contributed by atoms with E-state index in [1.54, 1.807) is 18.2 Å². The molecule has 34 heavy (non-hydrogen) atoms. The van der Waals surface area contributed by atoms with Crippen molar-refractivity contribution in [2.75, 3.05) is 24.6 Å². The second-order valence-corrected chi connectivity index (χ2v) is 11.3. The molecular weight excluding hydrogens is 418 g/mol. The summed E-state index contributed by atoms with van der Waals surface area (Å²) in [6.07, 6.45) is 11.9. The van der Waals surface area contributed by atoms with E-state index in [9.17, 15) is 4.79 Å². The van der Waals surface area contributed by atoms with Crippen molar-refractivity contribution in [3.05, 3.63) is 65.7 Å². The van der Waals surface area contributed by atoms with Crippen LogP contribution in [0.25, 0.3) is 6.08 Å². The van der Waals surface area contributed by atoms with Gasteiger partial charge in [0.05, 0.1) is 11.4 Å². The highest BCUT2D eigenvalue weighted by Crippen LogP contribution is 2.51. The van der Waals surface area contributed by atoms with Crippen LogP contribution in [-0.2, 0) is 11.3 Å². The summed E-state index contributed by atoms with van der Waals surface area (Å²) in [5, 5.41) is 2.82. The maximum atomic E-state index is 12.2. The third kappa shape index (κ3) is 6.50. The zero-order chi connectivity index (χ0) is 24.1. The molecule has 182 valence electrons. The minimum Gasteiger partial charge on any atom is -0.397 e. The van der Waals surface area contributed by atoms with Crippen LogP contribution in [0.3, 0.4) is 0 Å². The third-order valence-electron chi connectivity index (χ3n) is 7.87. The van der Waals surface area contributed by atoms with Crippen molar-refractivity contribution in [1.29, 1.82) is 0 Å². The summed E-state index contributed by atoms with van der Waals surface area (Å²) >= 11 is 0. The van der Waals surface area contributed by atoms with E-state index in [-0.39, 0.29) is 5.91 Å². The predicted molar refractivity (Wildman–Crippen MR) is 143 cm³/mol. The number of rotatable bonds is 8. The maximum Gasteiger partial charge on any atom is 0.248 e. The molecule has 2 aromatic rings. The monoisotopic (exact) mass is 459 g/mol. The SMILES string of the molecule is CCC1CC2CC(C1)CC(C)(CN(C)Cc1ccc(/C=C/C(=O)Nc3ccccc3N)cc1)C2. The van der Waals surface area contributed by atoms with Crippen molar-refractivity contribution in [2.45, 2.75) is 58.9 Å². The van der Waals surface area contributed by atoms with Crippen LogP contribution in [0.4, 0.5) is 11.4 Å². The number of anilines is 2. The van der Waals surface area contributed by atoms with Crippen molar-refractivity contribution >= 4 is 23.4 Å². The number of nitrogen functional groups attached to an aromatic ring is 1. The second kappa shape index (κ2) is 10.8. The van der Waals surface area contributed by atoms with Crippen molar-refractivity contribution in [3.63, 3.8) is 0 Å². The first-order chi connectivity index (χ1) is 16.3. The van der Waals surface area contributed by atoms with E-state index < -0.39 is 0 Å². The quantitative estimate of drug-likeness (QED) is 0.346. The first kappa shape index (κ1) is 24.5. The molecule has 2 atom stereocenters. The van der Waals surface area contributed by atoms with Gasteiger partial charge in [0.25, 0.3) is 0 Å². The smallest absolute Gasteiger partial charge is 0.248 e. The largest absolute Gasteiger partial charge is 0.397 e. The number of para-hydroxylation sites is 2. The first-order valence-corrected chi connectivity index (χ1v) is 12.9. The van der Waals surface area contributed by atoms with Crippen LogP contribution >= 0.6 is 0 Å². The Morgan fingerprint density at radius 3 is 2.41 bits per heavy atom. The van der Waals surface area contributed by atoms with Gasteiger partial charge in [0.2, 0.25) is 5.91 Å². The van der Waals surface area contributed by atoms with Gasteiger partial charge in [-0.05, 0) is 91.7 Å². The van der Waals surface area contributed by atoms with Gasteiger partial charge in [-0.2, -0.15) is 0 Å². The minimum atomic E-state index is -0.183. The molecule has 2 saturated carbocycles. The molecule has 3 N–H and O–H groups in total. The van der Waals surface area contributed by atoms with Crippen LogP contribution in [0, 0.1) is 23.2 Å². The summed E-state index contributed by atoms with van der Waals surface area (Å²) in [4.78, 5) is 14.7. The zero-order valence-corrected chi connectivity index (χ0v) is 21.1. The molecule has 0 spiro atoms. The summed E-state index contributed by atoms with van der Waals surface area (Å²) in [5.74, 6) is 2.67. The Morgan fingerprint density at radius 1 is 1.09 bits per heavy atom. The molecule has 0 aliphatic heterocycles. The lowest BCUT2D eigenvalue weighted by Crippen LogP contribution is -2.42. The molecule has 2 bridgehead atoms. The molecule has 2 fully saturated rings. The number of hydrogen-bond donors (Lipinski definition) is 2. The summed E-state index contributed by atoms with van der Waals surface area (Å²) in [7, 11) is 2.26. The van der Waals surface area contributed by atoms with Crippen LogP contribution in [0.5, 0.6) is 0 Å². The van der Waals surface area contributed by atoms with Gasteiger partial charge in [-0.25, -0.2) is 0 Å². The molecule has 0 saturated heterocycles. The highest BCUT2D eigenvalue weighted by molar-refractivity contribution is 6.03. The molecule has 4 nitrogen and oxygen atoms in total. The molecule has 2 aliphatic carbocycles. The Labute approximate surface area is 205 Å². The summed E-state index contributed by atoms with van der Waals surface area (Å²) in [6.45, 7) is 7.02. The van der Waals surface area contributed by atoms with Gasteiger partial charge >= 0.3 is 0 Å². The fraction of sp³-hybridized carbons (Fsp3) is 0.500. The third-order valence-corrected chi connectivity index (χ3v) is 7.87. The van der Waals surface area contributed by atoms with Crippen LogP contribution < -0.4 is 11.1 Å². The molecule has 0 radical (unpaired) electrons. The normalized spacial score (nSPS) is 26.6. The number of benzene rings is 2. The molecule has 0 aromatic heterocycles. The van der Waals surface area contributed by atoms with Gasteiger partial charge in [-0.15, -0.1) is 0 Å². The van der Waals surface area contributed by atoms with E-state index in [1.165, 1.54) is 50.6 Å². The fourth-order valence-corrected chi connectivity index (χ4v) is 6.69. The minimum absolute atomic E-state index is 0.183. The van der Waals surface area contributed by atoms with E-state index in [0.717, 1.165) is 29.9 Å². The number of nitrogens with zero attached hydrogens (tertiary/aromatic N) is 1. The lowest BCUT2D eigenvalue weighted by Gasteiger charge is -2.49. The number of carbonyl (C=O) groups is 1. The number of nitrogens with two attached hydrogens (primary N) is 1. The molecule has 1 amide bonds. The fourth-order valence-electron chi connectivity index (χ4n) is 6.69. The van der Waals surface area contributed by atoms with Crippen LogP contribution in [0.15, 0.2) is 54.6 Å². The maximum absolute atomic E-state index is 12.2. The molecule has 0 heterocycles. The van der Waals surface area contributed by atoms with Gasteiger partial charge in [0.1, 0.15) is 0 Å². The van der Waals surface area contributed by atoms with Crippen molar-refractivity contribution in [3.8, 4) is 0 Å². The van der Waals surface area contributed by atoms with Gasteiger partial charge in [0, 0.05) is 19.2 Å². The second-order valence-electron chi connectivity index (χ2n) is 11.3. The molecule has 4 heteroatoms. The molecule has 2 unspecified atom stereocenters. The topological polar surface area (TPSA) is 58.4 Å². The van der Waals surface area contributed by atoms with E-state index in [1.807, 2.05) is 18.2 Å². The Bertz CT molecular complexity index is 982. The summed E-state index contributed by atoms with van der Waals surface area (Å²) < 4.78 is 0. The summed E-state index contributed by atoms with van der Waals surface area (Å²) in [6, 6.07) is 15.8. The molecule has 2 aliphatic rings. The first-order valence-electron chi connectivity index (χ1n) is 12.9. The number of hydrogen-bond acceptors (Lipinski definition) is 3. The van der Waals surface area contributed by atoms with Gasteiger partial charge in [0.15, 0.2) is 0 Å². The van der Waals surface area contributed by atoms with Crippen LogP contribution in [0.1, 0.15) is 63.5 Å².